The van der Waals surface area contributed by atoms with Crippen LogP contribution in [0.5, 0.6) is 0 Å². The lowest BCUT2D eigenvalue weighted by molar-refractivity contribution is -0.170. The Bertz CT molecular complexity index is 365. The topological polar surface area (TPSA) is 52.6 Å². The van der Waals surface area contributed by atoms with Crippen molar-refractivity contribution in [2.24, 2.45) is 5.92 Å². The maximum absolute atomic E-state index is 12.2. The minimum atomic E-state index is -0.314. The van der Waals surface area contributed by atoms with Gasteiger partial charge in [-0.2, -0.15) is 0 Å². The van der Waals surface area contributed by atoms with Crippen molar-refractivity contribution < 1.29 is 19.1 Å². The zero-order valence-corrected chi connectivity index (χ0v) is 17.9. The van der Waals surface area contributed by atoms with Crippen molar-refractivity contribution in [3.63, 3.8) is 0 Å². The zero-order valence-electron chi connectivity index (χ0n) is 17.9. The van der Waals surface area contributed by atoms with Crippen LogP contribution in [0.3, 0.4) is 0 Å². The Labute approximate surface area is 161 Å². The molecule has 0 aromatic carbocycles. The van der Waals surface area contributed by atoms with Gasteiger partial charge < -0.3 is 9.47 Å². The Kier molecular flexibility index (Phi) is 15.5. The van der Waals surface area contributed by atoms with Gasteiger partial charge in [0.1, 0.15) is 12.2 Å². The lowest BCUT2D eigenvalue weighted by Gasteiger charge is -2.27. The molecular formula is C22H42O4. The van der Waals surface area contributed by atoms with Crippen LogP contribution in [-0.2, 0) is 19.1 Å². The van der Waals surface area contributed by atoms with Crippen LogP contribution in [0.1, 0.15) is 112 Å². The first-order valence-corrected chi connectivity index (χ1v) is 10.8. The van der Waals surface area contributed by atoms with E-state index in [4.69, 9.17) is 9.47 Å². The van der Waals surface area contributed by atoms with Crippen LogP contribution in [0.25, 0.3) is 0 Å². The number of hydrogen-bond acceptors (Lipinski definition) is 4. The second-order valence-corrected chi connectivity index (χ2v) is 7.75. The Hall–Kier alpha value is -1.06. The van der Waals surface area contributed by atoms with Gasteiger partial charge in [0.15, 0.2) is 0 Å². The van der Waals surface area contributed by atoms with E-state index >= 15 is 0 Å². The Morgan fingerprint density at radius 1 is 0.692 bits per heavy atom. The van der Waals surface area contributed by atoms with Gasteiger partial charge in [0, 0.05) is 12.8 Å². The number of ether oxygens (including phenoxy) is 2. The average molecular weight is 371 g/mol. The molecule has 2 atom stereocenters. The lowest BCUT2D eigenvalue weighted by Crippen LogP contribution is -2.35. The summed E-state index contributed by atoms with van der Waals surface area (Å²) in [5.74, 6) is -0.0908. The molecule has 0 radical (unpaired) electrons. The van der Waals surface area contributed by atoms with Crippen molar-refractivity contribution in [1.82, 2.24) is 0 Å². The van der Waals surface area contributed by atoms with E-state index in [0.717, 1.165) is 38.5 Å². The summed E-state index contributed by atoms with van der Waals surface area (Å²) >= 11 is 0. The molecule has 0 aliphatic heterocycles. The SMILES string of the molecule is CCCCCCCCC(OC(=O)CC(C)C)C(CCC)OC(=O)CCC. The van der Waals surface area contributed by atoms with Crippen molar-refractivity contribution in [2.75, 3.05) is 0 Å². The summed E-state index contributed by atoms with van der Waals surface area (Å²) in [7, 11) is 0. The molecule has 0 rings (SSSR count). The molecule has 0 N–H and O–H groups in total. The third-order valence-corrected chi connectivity index (χ3v) is 4.42. The van der Waals surface area contributed by atoms with Gasteiger partial charge in [0.2, 0.25) is 0 Å². The molecule has 0 spiro atoms. The molecule has 154 valence electrons. The first-order valence-electron chi connectivity index (χ1n) is 10.8. The summed E-state index contributed by atoms with van der Waals surface area (Å²) in [6.45, 7) is 10.3. The normalized spacial score (nSPS) is 13.5. The van der Waals surface area contributed by atoms with Crippen molar-refractivity contribution in [3.05, 3.63) is 0 Å². The van der Waals surface area contributed by atoms with E-state index in [2.05, 4.69) is 13.8 Å². The molecule has 0 aromatic heterocycles. The van der Waals surface area contributed by atoms with Crippen LogP contribution in [0.2, 0.25) is 0 Å². The van der Waals surface area contributed by atoms with Gasteiger partial charge in [-0.25, -0.2) is 0 Å². The van der Waals surface area contributed by atoms with Crippen LogP contribution in [0, 0.1) is 5.92 Å². The summed E-state index contributed by atoms with van der Waals surface area (Å²) in [5, 5.41) is 0. The molecule has 0 aliphatic carbocycles. The number of carbonyl (C=O) groups is 2. The average Bonchev–Trinajstić information content (AvgIpc) is 2.56. The molecule has 26 heavy (non-hydrogen) atoms. The number of hydrogen-bond donors (Lipinski definition) is 0. The van der Waals surface area contributed by atoms with E-state index in [1.165, 1.54) is 25.7 Å². The highest BCUT2D eigenvalue weighted by Crippen LogP contribution is 2.20. The fourth-order valence-corrected chi connectivity index (χ4v) is 3.03. The van der Waals surface area contributed by atoms with Crippen molar-refractivity contribution in [1.29, 1.82) is 0 Å². The van der Waals surface area contributed by atoms with E-state index in [9.17, 15) is 9.59 Å². The minimum absolute atomic E-state index is 0.177. The molecule has 4 nitrogen and oxygen atoms in total. The minimum Gasteiger partial charge on any atom is -0.458 e. The third kappa shape index (κ3) is 13.2. The highest BCUT2D eigenvalue weighted by Gasteiger charge is 2.27. The van der Waals surface area contributed by atoms with Gasteiger partial charge in [-0.15, -0.1) is 0 Å². The molecule has 4 heteroatoms. The Morgan fingerprint density at radius 2 is 1.27 bits per heavy atom. The second-order valence-electron chi connectivity index (χ2n) is 7.75. The molecule has 0 fully saturated rings. The number of unbranched alkanes of at least 4 members (excludes halogenated alkanes) is 5. The maximum atomic E-state index is 12.2. The van der Waals surface area contributed by atoms with Gasteiger partial charge in [0.25, 0.3) is 0 Å². The summed E-state index contributed by atoms with van der Waals surface area (Å²) in [5.41, 5.74) is 0. The van der Waals surface area contributed by atoms with E-state index in [1.807, 2.05) is 20.8 Å². The van der Waals surface area contributed by atoms with Crippen LogP contribution in [-0.4, -0.2) is 24.1 Å². The number of rotatable bonds is 16. The lowest BCUT2D eigenvalue weighted by atomic mass is 10.0. The smallest absolute Gasteiger partial charge is 0.306 e. The zero-order chi connectivity index (χ0) is 19.8. The molecule has 0 bridgehead atoms. The summed E-state index contributed by atoms with van der Waals surface area (Å²) in [6.07, 6.45) is 10.5. The van der Waals surface area contributed by atoms with E-state index in [-0.39, 0.29) is 30.1 Å². The predicted molar refractivity (Wildman–Crippen MR) is 107 cm³/mol. The fourth-order valence-electron chi connectivity index (χ4n) is 3.03. The maximum Gasteiger partial charge on any atom is 0.306 e. The summed E-state index contributed by atoms with van der Waals surface area (Å²) < 4.78 is 11.4. The van der Waals surface area contributed by atoms with Crippen molar-refractivity contribution >= 4 is 11.9 Å². The van der Waals surface area contributed by atoms with Gasteiger partial charge in [-0.3, -0.25) is 9.59 Å². The molecule has 0 heterocycles. The molecule has 0 aliphatic rings. The molecule has 0 saturated carbocycles. The van der Waals surface area contributed by atoms with Crippen molar-refractivity contribution in [3.8, 4) is 0 Å². The van der Waals surface area contributed by atoms with Crippen molar-refractivity contribution in [2.45, 2.75) is 124 Å². The molecule has 0 saturated heterocycles. The fraction of sp³-hybridized carbons (Fsp3) is 0.909. The number of carbonyl (C=O) groups excluding carboxylic acids is 2. The van der Waals surface area contributed by atoms with Crippen LogP contribution in [0.4, 0.5) is 0 Å². The summed E-state index contributed by atoms with van der Waals surface area (Å²) in [4.78, 5) is 24.2. The first-order chi connectivity index (χ1) is 12.4. The van der Waals surface area contributed by atoms with Gasteiger partial charge in [-0.05, 0) is 31.6 Å². The predicted octanol–water partition coefficient (Wildman–Crippen LogP) is 6.21. The largest absolute Gasteiger partial charge is 0.458 e. The molecular weight excluding hydrogens is 328 g/mol. The highest BCUT2D eigenvalue weighted by atomic mass is 16.6. The van der Waals surface area contributed by atoms with Gasteiger partial charge in [0.05, 0.1) is 0 Å². The third-order valence-electron chi connectivity index (χ3n) is 4.42. The van der Waals surface area contributed by atoms with E-state index < -0.39 is 0 Å². The number of esters is 2. The quantitative estimate of drug-likeness (QED) is 0.239. The molecule has 0 amide bonds. The summed E-state index contributed by atoms with van der Waals surface area (Å²) in [6, 6.07) is 0. The molecule has 2 unspecified atom stereocenters. The highest BCUT2D eigenvalue weighted by molar-refractivity contribution is 5.70. The Balaban J connectivity index is 4.75. The second kappa shape index (κ2) is 16.1. The standard InChI is InChI=1S/C22H42O4/c1-6-9-10-11-12-13-16-20(26-22(24)17-18(4)5)19(14-7-2)25-21(23)15-8-3/h18-20H,6-17H2,1-5H3. The van der Waals surface area contributed by atoms with Crippen LogP contribution in [0.15, 0.2) is 0 Å². The van der Waals surface area contributed by atoms with E-state index in [1.54, 1.807) is 0 Å². The monoisotopic (exact) mass is 370 g/mol. The van der Waals surface area contributed by atoms with Crippen LogP contribution < -0.4 is 0 Å². The molecule has 0 aromatic rings. The van der Waals surface area contributed by atoms with Crippen LogP contribution >= 0.6 is 0 Å². The first kappa shape index (κ1) is 24.9. The Morgan fingerprint density at radius 3 is 1.85 bits per heavy atom. The van der Waals surface area contributed by atoms with E-state index in [0.29, 0.717) is 12.8 Å². The van der Waals surface area contributed by atoms with Gasteiger partial charge in [-0.1, -0.05) is 73.1 Å². The van der Waals surface area contributed by atoms with Gasteiger partial charge >= 0.3 is 11.9 Å².